The van der Waals surface area contributed by atoms with Gasteiger partial charge in [-0.2, -0.15) is 5.26 Å². The van der Waals surface area contributed by atoms with Gasteiger partial charge in [0.15, 0.2) is 10.8 Å². The van der Waals surface area contributed by atoms with Gasteiger partial charge in [-0.05, 0) is 51.5 Å². The molecule has 0 radical (unpaired) electrons. The Bertz CT molecular complexity index is 1540. The van der Waals surface area contributed by atoms with Gasteiger partial charge >= 0.3 is 0 Å². The van der Waals surface area contributed by atoms with Crippen molar-refractivity contribution in [3.8, 4) is 16.9 Å². The smallest absolute Gasteiger partial charge is 0.225 e. The number of aromatic nitrogens is 4. The molecule has 9 nitrogen and oxygen atoms in total. The number of nitrogens with one attached hydrogen (secondary N) is 1. The molecule has 1 unspecified atom stereocenters. The molecule has 0 spiro atoms. The van der Waals surface area contributed by atoms with E-state index in [1.807, 2.05) is 11.8 Å². The van der Waals surface area contributed by atoms with E-state index in [2.05, 4.69) is 26.0 Å². The molecule has 12 heteroatoms. The highest BCUT2D eigenvalue weighted by Gasteiger charge is 2.48. The number of imidazole rings is 1. The van der Waals surface area contributed by atoms with E-state index in [4.69, 9.17) is 0 Å². The van der Waals surface area contributed by atoms with Gasteiger partial charge in [0, 0.05) is 49.1 Å². The molecule has 1 saturated heterocycles. The molecule has 3 aliphatic carbocycles. The van der Waals surface area contributed by atoms with E-state index in [1.54, 1.807) is 22.9 Å². The minimum Gasteiger partial charge on any atom is -0.342 e. The first-order valence-corrected chi connectivity index (χ1v) is 15.6. The first kappa shape index (κ1) is 25.2. The summed E-state index contributed by atoms with van der Waals surface area (Å²) < 4.78 is 35.2. The van der Waals surface area contributed by atoms with E-state index in [0.29, 0.717) is 44.9 Å². The van der Waals surface area contributed by atoms with Crippen LogP contribution in [0, 0.1) is 17.2 Å². The topological polar surface area (TPSA) is 116 Å². The predicted octanol–water partition coefficient (Wildman–Crippen LogP) is 4.16. The second-order valence-electron chi connectivity index (χ2n) is 11.9. The van der Waals surface area contributed by atoms with Crippen molar-refractivity contribution in [2.24, 2.45) is 5.92 Å². The molecule has 1 N–H and O–H groups in total. The molecule has 3 aromatic rings. The number of hydrogen-bond donors (Lipinski definition) is 1. The Balaban J connectivity index is 1.26. The molecule has 3 saturated carbocycles. The first-order chi connectivity index (χ1) is 18.7. The van der Waals surface area contributed by atoms with Crippen molar-refractivity contribution in [3.63, 3.8) is 0 Å². The number of amides is 1. The molecule has 39 heavy (non-hydrogen) atoms. The van der Waals surface area contributed by atoms with Crippen molar-refractivity contribution >= 4 is 33.7 Å². The molecular weight excluding hydrogens is 537 g/mol. The number of fused-ring (bicyclic) bond motifs is 1. The third-order valence-electron chi connectivity index (χ3n) is 8.96. The van der Waals surface area contributed by atoms with E-state index < -0.39 is 22.1 Å². The second-order valence-corrected chi connectivity index (χ2v) is 14.1. The Kier molecular flexibility index (Phi) is 5.74. The average molecular weight is 568 g/mol. The van der Waals surface area contributed by atoms with E-state index >= 15 is 4.39 Å². The standard InChI is InChI=1S/C27H30FN7O2S2/c1-25(5-6-25)33-39(37)18-13-19(27(28)9-11-34(12-10-27)23(36)17-3-2-4-17)20-14-30-21(35(20)15-18)22-31-32-24(38-22)26(16-29)7-8-26/h13-15,17,33H,2-12H2,1H3. The van der Waals surface area contributed by atoms with E-state index in [0.717, 1.165) is 44.9 Å². The highest BCUT2D eigenvalue weighted by Crippen LogP contribution is 2.49. The van der Waals surface area contributed by atoms with Crippen molar-refractivity contribution < 1.29 is 13.4 Å². The van der Waals surface area contributed by atoms with Crippen LogP contribution in [-0.4, -0.2) is 53.2 Å². The normalized spacial score (nSPS) is 23.7. The maximum atomic E-state index is 16.8. The molecule has 4 aliphatic rings. The number of halogens is 1. The molecule has 4 fully saturated rings. The summed E-state index contributed by atoms with van der Waals surface area (Å²) in [6, 6.07) is 4.06. The lowest BCUT2D eigenvalue weighted by atomic mass is 9.82. The molecular formula is C27H30FN7O2S2. The number of nitriles is 1. The van der Waals surface area contributed by atoms with Gasteiger partial charge in [0.2, 0.25) is 5.91 Å². The van der Waals surface area contributed by atoms with Crippen molar-refractivity contribution in [2.75, 3.05) is 13.1 Å². The number of piperidine rings is 1. The quantitative estimate of drug-likeness (QED) is 0.458. The number of pyridine rings is 1. The van der Waals surface area contributed by atoms with Crippen LogP contribution >= 0.6 is 11.3 Å². The van der Waals surface area contributed by atoms with Gasteiger partial charge in [0.1, 0.15) is 27.1 Å². The van der Waals surface area contributed by atoms with Crippen LogP contribution in [0.25, 0.3) is 16.3 Å². The van der Waals surface area contributed by atoms with Crippen molar-refractivity contribution in [2.45, 2.75) is 86.2 Å². The number of nitrogens with zero attached hydrogens (tertiary/aromatic N) is 6. The maximum Gasteiger partial charge on any atom is 0.225 e. The number of carbonyl (C=O) groups is 1. The maximum absolute atomic E-state index is 16.8. The minimum absolute atomic E-state index is 0.0921. The molecule has 0 aromatic carbocycles. The van der Waals surface area contributed by atoms with E-state index in [1.165, 1.54) is 11.3 Å². The fraction of sp³-hybridized carbons (Fsp3) is 0.593. The largest absolute Gasteiger partial charge is 0.342 e. The summed E-state index contributed by atoms with van der Waals surface area (Å²) in [6.07, 6.45) is 10.1. The molecule has 204 valence electrons. The van der Waals surface area contributed by atoms with Gasteiger partial charge in [0.25, 0.3) is 0 Å². The Morgan fingerprint density at radius 3 is 2.56 bits per heavy atom. The van der Waals surface area contributed by atoms with Crippen LogP contribution in [0.4, 0.5) is 4.39 Å². The van der Waals surface area contributed by atoms with Gasteiger partial charge in [-0.3, -0.25) is 9.20 Å². The van der Waals surface area contributed by atoms with E-state index in [-0.39, 0.29) is 30.2 Å². The summed E-state index contributed by atoms with van der Waals surface area (Å²) >= 11 is 1.33. The Morgan fingerprint density at radius 1 is 1.21 bits per heavy atom. The lowest BCUT2D eigenvalue weighted by Gasteiger charge is -2.39. The van der Waals surface area contributed by atoms with Gasteiger partial charge in [-0.15, -0.1) is 10.2 Å². The van der Waals surface area contributed by atoms with E-state index in [9.17, 15) is 14.3 Å². The van der Waals surface area contributed by atoms with Crippen LogP contribution in [0.3, 0.4) is 0 Å². The molecule has 0 bridgehead atoms. The van der Waals surface area contributed by atoms with Crippen LogP contribution in [0.5, 0.6) is 0 Å². The SMILES string of the molecule is CC1(NS(=O)c2cc(C3(F)CCN(C(=O)C4CCC4)CC3)c3cnc(-c4nnc(C5(C#N)CC5)s4)n3c2)CC1. The van der Waals surface area contributed by atoms with Gasteiger partial charge in [0.05, 0.1) is 22.7 Å². The molecule has 4 heterocycles. The van der Waals surface area contributed by atoms with Crippen LogP contribution in [-0.2, 0) is 26.9 Å². The Labute approximate surface area is 232 Å². The first-order valence-electron chi connectivity index (χ1n) is 13.7. The van der Waals surface area contributed by atoms with Gasteiger partial charge < -0.3 is 4.90 Å². The van der Waals surface area contributed by atoms with Crippen LogP contribution in [0.2, 0.25) is 0 Å². The summed E-state index contributed by atoms with van der Waals surface area (Å²) in [5.74, 6) is 0.727. The zero-order chi connectivity index (χ0) is 27.0. The fourth-order valence-electron chi connectivity index (χ4n) is 5.53. The Morgan fingerprint density at radius 2 is 1.95 bits per heavy atom. The van der Waals surface area contributed by atoms with Crippen LogP contribution in [0.1, 0.15) is 75.3 Å². The number of carbonyl (C=O) groups excluding carboxylic acids is 1. The molecule has 1 atom stereocenters. The van der Waals surface area contributed by atoms with Crippen molar-refractivity contribution in [1.82, 2.24) is 29.2 Å². The molecule has 7 rings (SSSR count). The third kappa shape index (κ3) is 4.30. The minimum atomic E-state index is -1.69. The summed E-state index contributed by atoms with van der Waals surface area (Å²) in [5.41, 5.74) is -1.40. The third-order valence-corrected chi connectivity index (χ3v) is 11.4. The summed E-state index contributed by atoms with van der Waals surface area (Å²) in [7, 11) is -1.55. The number of alkyl halides is 1. The predicted molar refractivity (Wildman–Crippen MR) is 144 cm³/mol. The summed E-state index contributed by atoms with van der Waals surface area (Å²) in [6.45, 7) is 2.75. The van der Waals surface area contributed by atoms with Crippen molar-refractivity contribution in [1.29, 1.82) is 5.26 Å². The zero-order valence-corrected chi connectivity index (χ0v) is 23.4. The van der Waals surface area contributed by atoms with Crippen LogP contribution < -0.4 is 4.72 Å². The van der Waals surface area contributed by atoms with Crippen molar-refractivity contribution in [3.05, 3.63) is 29.0 Å². The Hall–Kier alpha value is -2.75. The number of likely N-dealkylation sites (tertiary alicyclic amines) is 1. The lowest BCUT2D eigenvalue weighted by molar-refractivity contribution is -0.141. The summed E-state index contributed by atoms with van der Waals surface area (Å²) in [4.78, 5) is 19.7. The van der Waals surface area contributed by atoms with Crippen LogP contribution in [0.15, 0.2) is 23.4 Å². The van der Waals surface area contributed by atoms with Gasteiger partial charge in [-0.1, -0.05) is 17.8 Å². The molecule has 3 aromatic heterocycles. The zero-order valence-electron chi connectivity index (χ0n) is 21.8. The monoisotopic (exact) mass is 567 g/mol. The highest BCUT2D eigenvalue weighted by molar-refractivity contribution is 7.83. The highest BCUT2D eigenvalue weighted by atomic mass is 32.2. The lowest BCUT2D eigenvalue weighted by Crippen LogP contribution is -2.46. The van der Waals surface area contributed by atoms with Gasteiger partial charge in [-0.25, -0.2) is 18.3 Å². The molecule has 1 aliphatic heterocycles. The second kappa shape index (κ2) is 8.88. The molecule has 1 amide bonds. The average Bonchev–Trinajstić information content (AvgIpc) is 3.73. The number of rotatable bonds is 7. The summed E-state index contributed by atoms with van der Waals surface area (Å²) in [5, 5.41) is 19.4. The fourth-order valence-corrected chi connectivity index (χ4v) is 7.76. The number of hydrogen-bond acceptors (Lipinski definition) is 7.